The third-order valence-electron chi connectivity index (χ3n) is 4.68. The molecule has 2 rings (SSSR count). The van der Waals surface area contributed by atoms with E-state index in [4.69, 9.17) is 9.16 Å². The molecule has 4 nitrogen and oxygen atoms in total. The van der Waals surface area contributed by atoms with Gasteiger partial charge in [-0.2, -0.15) is 0 Å². The second-order valence-electron chi connectivity index (χ2n) is 7.37. The van der Waals surface area contributed by atoms with Crippen LogP contribution in [0, 0.1) is 0 Å². The number of methoxy groups -OCH3 is 1. The topological polar surface area (TPSA) is 51.6 Å². The van der Waals surface area contributed by atoms with Crippen molar-refractivity contribution in [2.24, 2.45) is 0 Å². The summed E-state index contributed by atoms with van der Waals surface area (Å²) in [5, 5.41) is 11.7. The molecule has 0 saturated carbocycles. The average molecular weight is 334 g/mol. The molecule has 2 aromatic rings. The van der Waals surface area contributed by atoms with Crippen molar-refractivity contribution in [1.82, 2.24) is 4.98 Å². The van der Waals surface area contributed by atoms with Crippen LogP contribution in [0.5, 0.6) is 5.88 Å². The predicted octanol–water partition coefficient (Wildman–Crippen LogP) is 4.30. The molecule has 23 heavy (non-hydrogen) atoms. The van der Waals surface area contributed by atoms with Crippen LogP contribution in [-0.4, -0.2) is 32.1 Å². The summed E-state index contributed by atoms with van der Waals surface area (Å²) in [5.41, 5.74) is 1.52. The van der Waals surface area contributed by atoms with E-state index in [0.717, 1.165) is 10.9 Å². The Morgan fingerprint density at radius 2 is 1.87 bits per heavy atom. The Balaban J connectivity index is 2.25. The number of rotatable bonds is 5. The third-order valence-corrected chi connectivity index (χ3v) is 9.18. The molecule has 0 amide bonds. The van der Waals surface area contributed by atoms with Gasteiger partial charge in [0.25, 0.3) is 0 Å². The van der Waals surface area contributed by atoms with Crippen LogP contribution >= 0.6 is 0 Å². The van der Waals surface area contributed by atoms with Crippen molar-refractivity contribution in [2.75, 3.05) is 13.7 Å². The zero-order valence-corrected chi connectivity index (χ0v) is 15.9. The first-order chi connectivity index (χ1) is 10.7. The molecule has 5 heteroatoms. The maximum Gasteiger partial charge on any atom is 0.219 e. The number of aromatic nitrogens is 1. The van der Waals surface area contributed by atoms with Crippen LogP contribution in [0.25, 0.3) is 10.9 Å². The lowest BCUT2D eigenvalue weighted by molar-refractivity contribution is 0.0976. The van der Waals surface area contributed by atoms with E-state index in [-0.39, 0.29) is 11.6 Å². The van der Waals surface area contributed by atoms with Gasteiger partial charge in [-0.1, -0.05) is 39.0 Å². The molecule has 0 aliphatic carbocycles. The Morgan fingerprint density at radius 1 is 1.22 bits per heavy atom. The van der Waals surface area contributed by atoms with Gasteiger partial charge in [0.1, 0.15) is 6.10 Å². The van der Waals surface area contributed by atoms with Crippen molar-refractivity contribution in [1.29, 1.82) is 0 Å². The third kappa shape index (κ3) is 3.91. The van der Waals surface area contributed by atoms with Crippen LogP contribution in [0.3, 0.4) is 0 Å². The van der Waals surface area contributed by atoms with Crippen LogP contribution in [0.2, 0.25) is 18.1 Å². The smallest absolute Gasteiger partial charge is 0.219 e. The number of para-hydroxylation sites is 1. The molecule has 0 aliphatic rings. The Kier molecular flexibility index (Phi) is 5.13. The van der Waals surface area contributed by atoms with Gasteiger partial charge < -0.3 is 14.3 Å². The van der Waals surface area contributed by atoms with Crippen molar-refractivity contribution < 1.29 is 14.3 Å². The number of pyridine rings is 1. The lowest BCUT2D eigenvalue weighted by Gasteiger charge is -2.36. The molecular weight excluding hydrogens is 306 g/mol. The van der Waals surface area contributed by atoms with Gasteiger partial charge in [0.2, 0.25) is 5.88 Å². The van der Waals surface area contributed by atoms with Gasteiger partial charge in [-0.15, -0.1) is 0 Å². The van der Waals surface area contributed by atoms with E-state index in [1.165, 1.54) is 0 Å². The highest BCUT2D eigenvalue weighted by Gasteiger charge is 2.37. The highest BCUT2D eigenvalue weighted by atomic mass is 28.4. The molecule has 1 N–H and O–H groups in total. The Labute approximate surface area is 139 Å². The SMILES string of the molecule is COc1nc2ccccc2cc1C(O)CO[Si](C)(C)C(C)(C)C. The maximum atomic E-state index is 10.6. The Bertz CT molecular complexity index is 680. The first kappa shape index (κ1) is 17.9. The fraction of sp³-hybridized carbons (Fsp3) is 0.500. The van der Waals surface area contributed by atoms with Gasteiger partial charge in [-0.05, 0) is 30.3 Å². The highest BCUT2D eigenvalue weighted by Crippen LogP contribution is 2.37. The van der Waals surface area contributed by atoms with Gasteiger partial charge >= 0.3 is 0 Å². The first-order valence-corrected chi connectivity index (χ1v) is 10.8. The number of nitrogens with zero attached hydrogens (tertiary/aromatic N) is 1. The zero-order chi connectivity index (χ0) is 17.3. The molecule has 0 aliphatic heterocycles. The number of aliphatic hydroxyl groups is 1. The average Bonchev–Trinajstić information content (AvgIpc) is 2.50. The first-order valence-electron chi connectivity index (χ1n) is 7.91. The van der Waals surface area contributed by atoms with Crippen molar-refractivity contribution in [3.63, 3.8) is 0 Å². The van der Waals surface area contributed by atoms with Gasteiger partial charge in [0.05, 0.1) is 19.2 Å². The summed E-state index contributed by atoms with van der Waals surface area (Å²) in [4.78, 5) is 4.48. The summed E-state index contributed by atoms with van der Waals surface area (Å²) in [6, 6.07) is 9.73. The van der Waals surface area contributed by atoms with Crippen molar-refractivity contribution in [3.05, 3.63) is 35.9 Å². The van der Waals surface area contributed by atoms with Crippen LogP contribution < -0.4 is 4.74 Å². The standard InChI is InChI=1S/C18H27NO3Si/c1-18(2,3)23(5,6)22-12-16(20)14-11-13-9-7-8-10-15(13)19-17(14)21-4/h7-11,16,20H,12H2,1-6H3. The lowest BCUT2D eigenvalue weighted by Crippen LogP contribution is -2.41. The van der Waals surface area contributed by atoms with Crippen LogP contribution in [-0.2, 0) is 4.43 Å². The minimum Gasteiger partial charge on any atom is -0.481 e. The Morgan fingerprint density at radius 3 is 2.48 bits per heavy atom. The quantitative estimate of drug-likeness (QED) is 0.829. The molecule has 1 unspecified atom stereocenters. The van der Waals surface area contributed by atoms with Crippen molar-refractivity contribution >= 4 is 19.2 Å². The van der Waals surface area contributed by atoms with Crippen molar-refractivity contribution in [3.8, 4) is 5.88 Å². The summed E-state index contributed by atoms with van der Waals surface area (Å²) in [6.07, 6.45) is -0.754. The Hall–Kier alpha value is -1.43. The van der Waals surface area contributed by atoms with Gasteiger partial charge in [-0.3, -0.25) is 0 Å². The van der Waals surface area contributed by atoms with E-state index in [2.05, 4.69) is 38.8 Å². The molecule has 1 aromatic carbocycles. The molecule has 1 heterocycles. The van der Waals surface area contributed by atoms with E-state index in [1.807, 2.05) is 30.3 Å². The lowest BCUT2D eigenvalue weighted by atomic mass is 10.1. The number of ether oxygens (including phenoxy) is 1. The highest BCUT2D eigenvalue weighted by molar-refractivity contribution is 6.74. The van der Waals surface area contributed by atoms with Crippen LogP contribution in [0.15, 0.2) is 30.3 Å². The molecule has 126 valence electrons. The van der Waals surface area contributed by atoms with Crippen molar-refractivity contribution in [2.45, 2.75) is 45.0 Å². The van der Waals surface area contributed by atoms with Gasteiger partial charge in [0, 0.05) is 10.9 Å². The fourth-order valence-electron chi connectivity index (χ4n) is 2.11. The van der Waals surface area contributed by atoms with E-state index in [1.54, 1.807) is 7.11 Å². The monoisotopic (exact) mass is 333 g/mol. The normalized spacial score (nSPS) is 14.0. The van der Waals surface area contributed by atoms with E-state index < -0.39 is 14.4 Å². The summed E-state index contributed by atoms with van der Waals surface area (Å²) in [7, 11) is -0.332. The van der Waals surface area contributed by atoms with Gasteiger partial charge in [0.15, 0.2) is 8.32 Å². The summed E-state index contributed by atoms with van der Waals surface area (Å²) >= 11 is 0. The van der Waals surface area contributed by atoms with Gasteiger partial charge in [-0.25, -0.2) is 4.98 Å². The molecule has 0 bridgehead atoms. The number of fused-ring (bicyclic) bond motifs is 1. The molecule has 1 aromatic heterocycles. The van der Waals surface area contributed by atoms with Crippen LogP contribution in [0.4, 0.5) is 0 Å². The van der Waals surface area contributed by atoms with E-state index in [9.17, 15) is 5.11 Å². The maximum absolute atomic E-state index is 10.6. The van der Waals surface area contributed by atoms with Crippen LogP contribution in [0.1, 0.15) is 32.4 Å². The van der Waals surface area contributed by atoms with E-state index in [0.29, 0.717) is 11.4 Å². The number of hydrogen-bond donors (Lipinski definition) is 1. The largest absolute Gasteiger partial charge is 0.481 e. The molecule has 0 saturated heterocycles. The minimum atomic E-state index is -1.90. The van der Waals surface area contributed by atoms with E-state index >= 15 is 0 Å². The number of benzene rings is 1. The second-order valence-corrected chi connectivity index (χ2v) is 12.2. The fourth-order valence-corrected chi connectivity index (χ4v) is 3.12. The minimum absolute atomic E-state index is 0.110. The molecule has 0 radical (unpaired) electrons. The number of hydrogen-bond acceptors (Lipinski definition) is 4. The summed E-state index contributed by atoms with van der Waals surface area (Å²) < 4.78 is 11.5. The summed E-state index contributed by atoms with van der Waals surface area (Å²) in [6.45, 7) is 11.2. The molecule has 0 spiro atoms. The molecule has 1 atom stereocenters. The number of aliphatic hydroxyl groups excluding tert-OH is 1. The second kappa shape index (κ2) is 6.59. The molecule has 0 fully saturated rings. The summed E-state index contributed by atoms with van der Waals surface area (Å²) in [5.74, 6) is 0.454. The zero-order valence-electron chi connectivity index (χ0n) is 14.9. The molecular formula is C18H27NO3Si. The predicted molar refractivity (Wildman–Crippen MR) is 96.4 cm³/mol.